The Morgan fingerprint density at radius 1 is 1.38 bits per heavy atom. The molecule has 1 aliphatic carbocycles. The largest absolute Gasteiger partial charge is 0.478 e. The molecule has 1 heterocycles. The van der Waals surface area contributed by atoms with Crippen molar-refractivity contribution in [3.8, 4) is 0 Å². The van der Waals surface area contributed by atoms with Crippen LogP contribution in [0.1, 0.15) is 34.9 Å². The lowest BCUT2D eigenvalue weighted by Crippen LogP contribution is -2.12. The minimum Gasteiger partial charge on any atom is -0.478 e. The van der Waals surface area contributed by atoms with E-state index in [4.69, 9.17) is 9.84 Å². The first-order valence-corrected chi connectivity index (χ1v) is 7.13. The van der Waals surface area contributed by atoms with Gasteiger partial charge in [-0.05, 0) is 25.0 Å². The average Bonchev–Trinajstić information content (AvgIpc) is 3.25. The molecule has 1 fully saturated rings. The second-order valence-corrected chi connectivity index (χ2v) is 5.21. The first-order chi connectivity index (χ1) is 10.2. The highest BCUT2D eigenvalue weighted by molar-refractivity contribution is 6.01. The Hall–Kier alpha value is -1.92. The number of carboxylic acids is 1. The lowest BCUT2D eigenvalue weighted by molar-refractivity contribution is 0.0698. The summed E-state index contributed by atoms with van der Waals surface area (Å²) < 4.78 is 7.28. The van der Waals surface area contributed by atoms with E-state index in [1.165, 1.54) is 0 Å². The Balaban J connectivity index is 2.00. The van der Waals surface area contributed by atoms with Gasteiger partial charge in [-0.15, -0.1) is 0 Å². The number of rotatable bonds is 7. The predicted molar refractivity (Wildman–Crippen MR) is 76.6 cm³/mol. The summed E-state index contributed by atoms with van der Waals surface area (Å²) in [5, 5.41) is 18.1. The van der Waals surface area contributed by atoms with Gasteiger partial charge in [0.15, 0.2) is 0 Å². The van der Waals surface area contributed by atoms with Crippen molar-refractivity contribution in [3.05, 3.63) is 29.6 Å². The van der Waals surface area contributed by atoms with E-state index in [9.17, 15) is 9.90 Å². The number of aromatic nitrogens is 2. The maximum Gasteiger partial charge on any atom is 0.337 e. The molecule has 112 valence electrons. The Labute approximate surface area is 122 Å². The van der Waals surface area contributed by atoms with Gasteiger partial charge in [-0.3, -0.25) is 0 Å². The van der Waals surface area contributed by atoms with E-state index in [-0.39, 0.29) is 18.8 Å². The molecule has 3 rings (SSSR count). The van der Waals surface area contributed by atoms with Gasteiger partial charge < -0.3 is 19.5 Å². The van der Waals surface area contributed by atoms with E-state index in [2.05, 4.69) is 4.98 Å². The normalized spacial score (nSPS) is 14.7. The van der Waals surface area contributed by atoms with Gasteiger partial charge in [0.2, 0.25) is 0 Å². The molecule has 2 aromatic rings. The van der Waals surface area contributed by atoms with Crippen molar-refractivity contribution in [1.29, 1.82) is 0 Å². The van der Waals surface area contributed by atoms with E-state index in [0.717, 1.165) is 24.2 Å². The van der Waals surface area contributed by atoms with E-state index in [1.54, 1.807) is 12.1 Å². The van der Waals surface area contributed by atoms with Crippen LogP contribution in [0.15, 0.2) is 18.2 Å². The summed E-state index contributed by atoms with van der Waals surface area (Å²) in [5.74, 6) is 0.434. The van der Waals surface area contributed by atoms with Gasteiger partial charge in [0.1, 0.15) is 5.82 Å². The van der Waals surface area contributed by atoms with Crippen LogP contribution in [0, 0.1) is 0 Å². The minimum absolute atomic E-state index is 0.0134. The molecule has 1 aromatic heterocycles. The van der Waals surface area contributed by atoms with Gasteiger partial charge in [-0.25, -0.2) is 9.78 Å². The van der Waals surface area contributed by atoms with Crippen LogP contribution in [0.2, 0.25) is 0 Å². The number of hydrogen-bond acceptors (Lipinski definition) is 4. The maximum absolute atomic E-state index is 11.4. The molecule has 2 N–H and O–H groups in total. The Morgan fingerprint density at radius 3 is 2.86 bits per heavy atom. The molecule has 0 bridgehead atoms. The third-order valence-electron chi connectivity index (χ3n) is 3.66. The van der Waals surface area contributed by atoms with Gasteiger partial charge in [0, 0.05) is 12.5 Å². The van der Waals surface area contributed by atoms with E-state index >= 15 is 0 Å². The summed E-state index contributed by atoms with van der Waals surface area (Å²) in [7, 11) is 0. The Kier molecular flexibility index (Phi) is 3.90. The molecule has 0 radical (unpaired) electrons. The van der Waals surface area contributed by atoms with Gasteiger partial charge >= 0.3 is 5.97 Å². The number of nitrogens with zero attached hydrogens (tertiary/aromatic N) is 2. The standard InChI is InChI=1S/C15H18N2O4/c18-7-9-21-8-6-17-13-11(15(19)20)2-1-3-12(13)16-14(17)10-4-5-10/h1-3,10,18H,4-9H2,(H,19,20). The zero-order valence-electron chi connectivity index (χ0n) is 11.7. The molecule has 1 saturated carbocycles. The van der Waals surface area contributed by atoms with Crippen molar-refractivity contribution in [1.82, 2.24) is 9.55 Å². The molecule has 1 aromatic carbocycles. The quantitative estimate of drug-likeness (QED) is 0.757. The van der Waals surface area contributed by atoms with Crippen LogP contribution in [0.3, 0.4) is 0 Å². The van der Waals surface area contributed by atoms with E-state index in [1.807, 2.05) is 10.6 Å². The lowest BCUT2D eigenvalue weighted by atomic mass is 10.2. The first kappa shape index (κ1) is 14.0. The fraction of sp³-hybridized carbons (Fsp3) is 0.467. The number of aliphatic hydroxyl groups is 1. The highest BCUT2D eigenvalue weighted by atomic mass is 16.5. The van der Waals surface area contributed by atoms with Crippen molar-refractivity contribution in [2.75, 3.05) is 19.8 Å². The topological polar surface area (TPSA) is 84.6 Å². The average molecular weight is 290 g/mol. The summed E-state index contributed by atoms with van der Waals surface area (Å²) in [6.45, 7) is 1.25. The molecule has 0 saturated heterocycles. The molecule has 0 spiro atoms. The second kappa shape index (κ2) is 5.83. The van der Waals surface area contributed by atoms with Crippen molar-refractivity contribution < 1.29 is 19.7 Å². The molecule has 0 atom stereocenters. The number of benzene rings is 1. The van der Waals surface area contributed by atoms with Crippen molar-refractivity contribution in [2.24, 2.45) is 0 Å². The van der Waals surface area contributed by atoms with E-state index < -0.39 is 5.97 Å². The van der Waals surface area contributed by atoms with E-state index in [0.29, 0.717) is 24.6 Å². The van der Waals surface area contributed by atoms with Crippen LogP contribution >= 0.6 is 0 Å². The van der Waals surface area contributed by atoms with Crippen molar-refractivity contribution in [2.45, 2.75) is 25.3 Å². The highest BCUT2D eigenvalue weighted by Gasteiger charge is 2.30. The van der Waals surface area contributed by atoms with Crippen LogP contribution in [0.5, 0.6) is 0 Å². The van der Waals surface area contributed by atoms with Crippen molar-refractivity contribution >= 4 is 17.0 Å². The first-order valence-electron chi connectivity index (χ1n) is 7.13. The van der Waals surface area contributed by atoms with Crippen LogP contribution in [-0.4, -0.2) is 45.6 Å². The summed E-state index contributed by atoms with van der Waals surface area (Å²) >= 11 is 0. The molecule has 21 heavy (non-hydrogen) atoms. The number of carboxylic acid groups (broad SMARTS) is 1. The maximum atomic E-state index is 11.4. The second-order valence-electron chi connectivity index (χ2n) is 5.21. The fourth-order valence-electron chi connectivity index (χ4n) is 2.58. The third-order valence-corrected chi connectivity index (χ3v) is 3.66. The van der Waals surface area contributed by atoms with Gasteiger partial charge in [-0.1, -0.05) is 6.07 Å². The minimum atomic E-state index is -0.944. The van der Waals surface area contributed by atoms with Gasteiger partial charge in [-0.2, -0.15) is 0 Å². The zero-order valence-corrected chi connectivity index (χ0v) is 11.7. The number of hydrogen-bond donors (Lipinski definition) is 2. The van der Waals surface area contributed by atoms with Crippen molar-refractivity contribution in [3.63, 3.8) is 0 Å². The number of para-hydroxylation sites is 1. The van der Waals surface area contributed by atoms with Crippen LogP contribution in [0.4, 0.5) is 0 Å². The third kappa shape index (κ3) is 2.77. The number of aromatic carboxylic acids is 1. The molecular weight excluding hydrogens is 272 g/mol. The highest BCUT2D eigenvalue weighted by Crippen LogP contribution is 2.41. The summed E-state index contributed by atoms with van der Waals surface area (Å²) in [5.41, 5.74) is 1.66. The molecular formula is C15H18N2O4. The van der Waals surface area contributed by atoms with Gasteiger partial charge in [0.05, 0.1) is 36.4 Å². The Morgan fingerprint density at radius 2 is 2.19 bits per heavy atom. The molecule has 6 nitrogen and oxygen atoms in total. The molecule has 6 heteroatoms. The summed E-state index contributed by atoms with van der Waals surface area (Å²) in [4.78, 5) is 16.0. The number of fused-ring (bicyclic) bond motifs is 1. The fourth-order valence-corrected chi connectivity index (χ4v) is 2.58. The SMILES string of the molecule is O=C(O)c1cccc2nc(C3CC3)n(CCOCCO)c12. The molecule has 0 aliphatic heterocycles. The summed E-state index contributed by atoms with van der Waals surface area (Å²) in [6, 6.07) is 5.18. The molecule has 1 aliphatic rings. The lowest BCUT2D eigenvalue weighted by Gasteiger charge is -2.10. The molecule has 0 amide bonds. The number of ether oxygens (including phenoxy) is 1. The van der Waals surface area contributed by atoms with Gasteiger partial charge in [0.25, 0.3) is 0 Å². The van der Waals surface area contributed by atoms with Crippen LogP contribution in [0.25, 0.3) is 11.0 Å². The number of carbonyl (C=O) groups is 1. The monoisotopic (exact) mass is 290 g/mol. The number of imidazole rings is 1. The van der Waals surface area contributed by atoms with Crippen LogP contribution in [-0.2, 0) is 11.3 Å². The Bertz CT molecular complexity index is 661. The smallest absolute Gasteiger partial charge is 0.337 e. The predicted octanol–water partition coefficient (Wildman–Crippen LogP) is 1.62. The molecule has 0 unspecified atom stereocenters. The van der Waals surface area contributed by atoms with Crippen LogP contribution < -0.4 is 0 Å². The zero-order chi connectivity index (χ0) is 14.8. The summed E-state index contributed by atoms with van der Waals surface area (Å²) in [6.07, 6.45) is 2.20. The number of aliphatic hydroxyl groups excluding tert-OH is 1.